The van der Waals surface area contributed by atoms with E-state index in [1.165, 1.54) is 12.1 Å². The molecule has 0 fully saturated rings. The van der Waals surface area contributed by atoms with E-state index in [1.807, 2.05) is 0 Å². The highest BCUT2D eigenvalue weighted by Crippen LogP contribution is 2.21. The van der Waals surface area contributed by atoms with Crippen LogP contribution in [0.25, 0.3) is 0 Å². The largest absolute Gasteiger partial charge is 0.327 e. The van der Waals surface area contributed by atoms with Crippen molar-refractivity contribution in [2.45, 2.75) is 39.7 Å². The fourth-order valence-electron chi connectivity index (χ4n) is 1.88. The van der Waals surface area contributed by atoms with Crippen molar-refractivity contribution in [2.24, 2.45) is 11.1 Å². The van der Waals surface area contributed by atoms with Gasteiger partial charge in [-0.15, -0.1) is 0 Å². The molecule has 3 nitrogen and oxygen atoms in total. The zero-order valence-corrected chi connectivity index (χ0v) is 11.2. The number of rotatable bonds is 4. The lowest BCUT2D eigenvalue weighted by atomic mass is 9.87. The summed E-state index contributed by atoms with van der Waals surface area (Å²) in [6.45, 7) is 6.24. The molecule has 0 saturated heterocycles. The summed E-state index contributed by atoms with van der Waals surface area (Å²) in [5, 5.41) is 2.64. The van der Waals surface area contributed by atoms with Crippen LogP contribution >= 0.6 is 0 Å². The molecule has 1 unspecified atom stereocenters. The molecule has 0 aromatic heterocycles. The van der Waals surface area contributed by atoms with Crippen molar-refractivity contribution in [1.82, 2.24) is 0 Å². The molecule has 1 amide bonds. The van der Waals surface area contributed by atoms with Crippen molar-refractivity contribution in [3.63, 3.8) is 0 Å². The second-order valence-electron chi connectivity index (χ2n) is 5.79. The molecule has 0 heterocycles. The van der Waals surface area contributed by atoms with Crippen molar-refractivity contribution in [2.75, 3.05) is 5.32 Å². The lowest BCUT2D eigenvalue weighted by molar-refractivity contribution is -0.116. The molecule has 3 N–H and O–H groups in total. The molecule has 1 aromatic rings. The third kappa shape index (κ3) is 5.77. The van der Waals surface area contributed by atoms with Crippen molar-refractivity contribution in [1.29, 1.82) is 0 Å². The maximum atomic E-state index is 12.9. The Morgan fingerprint density at radius 3 is 2.67 bits per heavy atom. The lowest BCUT2D eigenvalue weighted by Crippen LogP contribution is -2.31. The van der Waals surface area contributed by atoms with Crippen LogP contribution in [0.4, 0.5) is 10.1 Å². The second-order valence-corrected chi connectivity index (χ2v) is 5.79. The number of carbonyl (C=O) groups is 1. The first kappa shape index (κ1) is 14.6. The van der Waals surface area contributed by atoms with Crippen LogP contribution in [0.1, 0.15) is 33.6 Å². The fourth-order valence-corrected chi connectivity index (χ4v) is 1.88. The van der Waals surface area contributed by atoms with Crippen molar-refractivity contribution < 1.29 is 9.18 Å². The molecule has 0 saturated carbocycles. The first-order valence-electron chi connectivity index (χ1n) is 6.07. The van der Waals surface area contributed by atoms with Gasteiger partial charge in [0.2, 0.25) is 5.91 Å². The summed E-state index contributed by atoms with van der Waals surface area (Å²) >= 11 is 0. The Labute approximate surface area is 108 Å². The summed E-state index contributed by atoms with van der Waals surface area (Å²) in [6.07, 6.45) is 1.01. The maximum Gasteiger partial charge on any atom is 0.225 e. The first-order chi connectivity index (χ1) is 8.26. The van der Waals surface area contributed by atoms with E-state index >= 15 is 0 Å². The molecular formula is C14H21FN2O. The minimum Gasteiger partial charge on any atom is -0.327 e. The van der Waals surface area contributed by atoms with E-state index in [2.05, 4.69) is 26.1 Å². The van der Waals surface area contributed by atoms with Gasteiger partial charge in [-0.1, -0.05) is 26.8 Å². The van der Waals surface area contributed by atoms with Crippen LogP contribution in [0.15, 0.2) is 24.3 Å². The van der Waals surface area contributed by atoms with Gasteiger partial charge in [0.25, 0.3) is 0 Å². The van der Waals surface area contributed by atoms with Crippen LogP contribution in [0, 0.1) is 11.2 Å². The van der Waals surface area contributed by atoms with Crippen LogP contribution < -0.4 is 11.1 Å². The average Bonchev–Trinajstić information content (AvgIpc) is 2.13. The van der Waals surface area contributed by atoms with E-state index in [-0.39, 0.29) is 29.6 Å². The van der Waals surface area contributed by atoms with Gasteiger partial charge in [0.05, 0.1) is 0 Å². The van der Waals surface area contributed by atoms with Gasteiger partial charge in [0, 0.05) is 18.2 Å². The molecule has 1 atom stereocenters. The average molecular weight is 252 g/mol. The van der Waals surface area contributed by atoms with E-state index in [4.69, 9.17) is 5.73 Å². The number of anilines is 1. The minimum absolute atomic E-state index is 0.0958. The number of nitrogens with one attached hydrogen (secondary N) is 1. The summed E-state index contributed by atoms with van der Waals surface area (Å²) in [5.74, 6) is -0.552. The maximum absolute atomic E-state index is 12.9. The van der Waals surface area contributed by atoms with E-state index in [0.29, 0.717) is 5.69 Å². The van der Waals surface area contributed by atoms with E-state index in [9.17, 15) is 9.18 Å². The summed E-state index contributed by atoms with van der Waals surface area (Å²) in [5.41, 5.74) is 6.47. The van der Waals surface area contributed by atoms with Crippen molar-refractivity contribution in [3.8, 4) is 0 Å². The molecule has 0 aliphatic heterocycles. The Morgan fingerprint density at radius 1 is 1.44 bits per heavy atom. The smallest absolute Gasteiger partial charge is 0.225 e. The molecule has 0 aliphatic carbocycles. The number of carbonyl (C=O) groups excluding carboxylic acids is 1. The van der Waals surface area contributed by atoms with Crippen LogP contribution in [0.3, 0.4) is 0 Å². The van der Waals surface area contributed by atoms with Crippen molar-refractivity contribution in [3.05, 3.63) is 30.1 Å². The third-order valence-electron chi connectivity index (χ3n) is 2.43. The lowest BCUT2D eigenvalue weighted by Gasteiger charge is -2.22. The molecule has 1 rings (SSSR count). The van der Waals surface area contributed by atoms with Gasteiger partial charge in [0.1, 0.15) is 5.82 Å². The molecular weight excluding hydrogens is 231 g/mol. The van der Waals surface area contributed by atoms with Crippen LogP contribution in [-0.2, 0) is 4.79 Å². The van der Waals surface area contributed by atoms with Gasteiger partial charge in [-0.3, -0.25) is 4.79 Å². The molecule has 4 heteroatoms. The second kappa shape index (κ2) is 5.96. The Hall–Kier alpha value is -1.42. The number of nitrogens with two attached hydrogens (primary N) is 1. The van der Waals surface area contributed by atoms with Gasteiger partial charge < -0.3 is 11.1 Å². The highest BCUT2D eigenvalue weighted by atomic mass is 19.1. The number of benzene rings is 1. The van der Waals surface area contributed by atoms with E-state index in [1.54, 1.807) is 12.1 Å². The third-order valence-corrected chi connectivity index (χ3v) is 2.43. The molecule has 18 heavy (non-hydrogen) atoms. The Bertz CT molecular complexity index is 413. The Kier molecular flexibility index (Phi) is 4.84. The molecule has 0 spiro atoms. The normalized spacial score (nSPS) is 13.2. The highest BCUT2D eigenvalue weighted by Gasteiger charge is 2.18. The van der Waals surface area contributed by atoms with Gasteiger partial charge in [-0.25, -0.2) is 4.39 Å². The quantitative estimate of drug-likeness (QED) is 0.865. The minimum atomic E-state index is -0.369. The molecule has 100 valence electrons. The first-order valence-corrected chi connectivity index (χ1v) is 6.07. The Morgan fingerprint density at radius 2 is 2.11 bits per heavy atom. The summed E-state index contributed by atoms with van der Waals surface area (Å²) < 4.78 is 12.9. The van der Waals surface area contributed by atoms with Gasteiger partial charge in [-0.2, -0.15) is 0 Å². The Balaban J connectivity index is 2.47. The van der Waals surface area contributed by atoms with Gasteiger partial charge in [0.15, 0.2) is 0 Å². The molecule has 0 radical (unpaired) electrons. The summed E-state index contributed by atoms with van der Waals surface area (Å²) in [6, 6.07) is 5.64. The standard InChI is InChI=1S/C14H21FN2O/c1-14(2,3)9-11(16)8-13(18)17-12-6-4-5-10(15)7-12/h4-7,11H,8-9,16H2,1-3H3,(H,17,18). The van der Waals surface area contributed by atoms with Crippen LogP contribution in [-0.4, -0.2) is 11.9 Å². The van der Waals surface area contributed by atoms with E-state index in [0.717, 1.165) is 6.42 Å². The fraction of sp³-hybridized carbons (Fsp3) is 0.500. The monoisotopic (exact) mass is 252 g/mol. The number of halogens is 1. The van der Waals surface area contributed by atoms with E-state index < -0.39 is 0 Å². The predicted molar refractivity (Wildman–Crippen MR) is 71.7 cm³/mol. The van der Waals surface area contributed by atoms with Crippen molar-refractivity contribution >= 4 is 11.6 Å². The SMILES string of the molecule is CC(C)(C)CC(N)CC(=O)Nc1cccc(F)c1. The summed E-state index contributed by atoms with van der Waals surface area (Å²) in [7, 11) is 0. The van der Waals surface area contributed by atoms with Crippen LogP contribution in [0.5, 0.6) is 0 Å². The number of hydrogen-bond acceptors (Lipinski definition) is 2. The van der Waals surface area contributed by atoms with Gasteiger partial charge >= 0.3 is 0 Å². The zero-order valence-electron chi connectivity index (χ0n) is 11.2. The highest BCUT2D eigenvalue weighted by molar-refractivity contribution is 5.91. The van der Waals surface area contributed by atoms with Gasteiger partial charge in [-0.05, 0) is 30.0 Å². The molecule has 0 bridgehead atoms. The predicted octanol–water partition coefficient (Wildman–Crippen LogP) is 2.92. The topological polar surface area (TPSA) is 55.1 Å². The summed E-state index contributed by atoms with van der Waals surface area (Å²) in [4.78, 5) is 11.7. The molecule has 0 aliphatic rings. The number of hydrogen-bond donors (Lipinski definition) is 2. The number of amides is 1. The molecule has 1 aromatic carbocycles. The zero-order chi connectivity index (χ0) is 13.8. The van der Waals surface area contributed by atoms with Crippen LogP contribution in [0.2, 0.25) is 0 Å².